The molecule has 0 saturated carbocycles. The Hall–Kier alpha value is -1.24. The van der Waals surface area contributed by atoms with Crippen molar-refractivity contribution in [3.63, 3.8) is 0 Å². The Kier molecular flexibility index (Phi) is 5.46. The zero-order chi connectivity index (χ0) is 16.2. The summed E-state index contributed by atoms with van der Waals surface area (Å²) in [5, 5.41) is 17.7. The fourth-order valence-corrected chi connectivity index (χ4v) is 4.10. The minimum atomic E-state index is -0.538. The average Bonchev–Trinajstić information content (AvgIpc) is 3.18. The third-order valence-corrected chi connectivity index (χ3v) is 5.80. The molecule has 0 amide bonds. The van der Waals surface area contributed by atoms with Gasteiger partial charge in [-0.3, -0.25) is 9.58 Å². The summed E-state index contributed by atoms with van der Waals surface area (Å²) in [6, 6.07) is 4.54. The van der Waals surface area contributed by atoms with Crippen molar-refractivity contribution in [3.05, 3.63) is 33.8 Å². The smallest absolute Gasteiger partial charge is 0.111 e. The Morgan fingerprint density at radius 2 is 2.04 bits per heavy atom. The molecule has 1 N–H and O–H groups in total. The number of hydrogen-bond donors (Lipinski definition) is 1. The van der Waals surface area contributed by atoms with Gasteiger partial charge in [0, 0.05) is 22.8 Å². The van der Waals surface area contributed by atoms with E-state index in [1.54, 1.807) is 6.92 Å². The molecule has 0 bridgehead atoms. The van der Waals surface area contributed by atoms with E-state index in [1.807, 2.05) is 22.2 Å². The molecule has 0 radical (unpaired) electrons. The number of rotatable bonds is 6. The van der Waals surface area contributed by atoms with E-state index >= 15 is 0 Å². The number of aromatic nitrogens is 3. The van der Waals surface area contributed by atoms with Crippen LogP contribution in [0.1, 0.15) is 48.2 Å². The molecule has 5 nitrogen and oxygen atoms in total. The minimum Gasteiger partial charge on any atom is -0.387 e. The molecule has 0 aliphatic carbocycles. The summed E-state index contributed by atoms with van der Waals surface area (Å²) in [6.45, 7) is 8.25. The maximum atomic E-state index is 9.52. The number of piperidine rings is 1. The van der Waals surface area contributed by atoms with Crippen molar-refractivity contribution in [1.82, 2.24) is 19.9 Å². The first-order chi connectivity index (χ1) is 11.1. The van der Waals surface area contributed by atoms with Crippen molar-refractivity contribution in [2.75, 3.05) is 13.1 Å². The summed E-state index contributed by atoms with van der Waals surface area (Å²) < 4.78 is 1.88. The van der Waals surface area contributed by atoms with Crippen LogP contribution in [0.5, 0.6) is 0 Å². The van der Waals surface area contributed by atoms with E-state index in [-0.39, 0.29) is 0 Å². The lowest BCUT2D eigenvalue weighted by molar-refractivity contribution is 0.165. The van der Waals surface area contributed by atoms with E-state index in [1.165, 1.54) is 22.6 Å². The first kappa shape index (κ1) is 16.6. The van der Waals surface area contributed by atoms with Crippen LogP contribution in [0.2, 0.25) is 0 Å². The van der Waals surface area contributed by atoms with Gasteiger partial charge in [0.05, 0.1) is 12.3 Å². The molecule has 0 aromatic carbocycles. The maximum absolute atomic E-state index is 9.52. The Morgan fingerprint density at radius 1 is 1.30 bits per heavy atom. The van der Waals surface area contributed by atoms with Gasteiger partial charge in [-0.05, 0) is 57.3 Å². The Balaban J connectivity index is 1.46. The Labute approximate surface area is 141 Å². The number of likely N-dealkylation sites (tertiary alicyclic amines) is 1. The molecular formula is C17H26N4OS. The molecule has 23 heavy (non-hydrogen) atoms. The zero-order valence-corrected chi connectivity index (χ0v) is 14.8. The molecule has 1 aliphatic rings. The van der Waals surface area contributed by atoms with Gasteiger partial charge in [0.15, 0.2) is 0 Å². The molecule has 3 heterocycles. The zero-order valence-electron chi connectivity index (χ0n) is 14.0. The van der Waals surface area contributed by atoms with Gasteiger partial charge in [0.25, 0.3) is 0 Å². The maximum Gasteiger partial charge on any atom is 0.111 e. The van der Waals surface area contributed by atoms with Crippen LogP contribution in [0.15, 0.2) is 18.3 Å². The molecule has 1 saturated heterocycles. The van der Waals surface area contributed by atoms with Crippen molar-refractivity contribution in [1.29, 1.82) is 0 Å². The highest BCUT2D eigenvalue weighted by Gasteiger charge is 2.20. The number of hydrogen-bond acceptors (Lipinski definition) is 5. The Morgan fingerprint density at radius 3 is 2.65 bits per heavy atom. The number of aryl methyl sites for hydroxylation is 1. The van der Waals surface area contributed by atoms with Crippen molar-refractivity contribution in [2.45, 2.75) is 52.3 Å². The fraction of sp³-hybridized carbons (Fsp3) is 0.647. The van der Waals surface area contributed by atoms with Crippen LogP contribution >= 0.6 is 11.3 Å². The van der Waals surface area contributed by atoms with Crippen LogP contribution in [0, 0.1) is 5.92 Å². The molecule has 126 valence electrons. The van der Waals surface area contributed by atoms with Gasteiger partial charge in [-0.2, -0.15) is 0 Å². The van der Waals surface area contributed by atoms with Crippen LogP contribution in [-0.2, 0) is 19.5 Å². The Bertz CT molecular complexity index is 614. The van der Waals surface area contributed by atoms with Crippen LogP contribution < -0.4 is 0 Å². The van der Waals surface area contributed by atoms with Crippen LogP contribution in [0.25, 0.3) is 0 Å². The second-order valence-electron chi connectivity index (χ2n) is 6.48. The van der Waals surface area contributed by atoms with Crippen LogP contribution in [0.3, 0.4) is 0 Å². The second-order valence-corrected chi connectivity index (χ2v) is 7.74. The van der Waals surface area contributed by atoms with E-state index in [4.69, 9.17) is 0 Å². The normalized spacial score (nSPS) is 18.4. The van der Waals surface area contributed by atoms with Crippen molar-refractivity contribution >= 4 is 11.3 Å². The van der Waals surface area contributed by atoms with Crippen molar-refractivity contribution in [3.8, 4) is 0 Å². The SMILES string of the molecule is CCc1ccc(CN2CCC(Cn3cc([C@H](C)O)nn3)CC2)s1. The van der Waals surface area contributed by atoms with E-state index < -0.39 is 6.10 Å². The predicted molar refractivity (Wildman–Crippen MR) is 92.4 cm³/mol. The monoisotopic (exact) mass is 334 g/mol. The average molecular weight is 334 g/mol. The topological polar surface area (TPSA) is 54.2 Å². The summed E-state index contributed by atoms with van der Waals surface area (Å²) in [4.78, 5) is 5.53. The summed E-state index contributed by atoms with van der Waals surface area (Å²) in [7, 11) is 0. The molecule has 1 aliphatic heterocycles. The van der Waals surface area contributed by atoms with Crippen LogP contribution in [0.4, 0.5) is 0 Å². The number of nitrogens with zero attached hydrogens (tertiary/aromatic N) is 4. The molecule has 2 aromatic rings. The second kappa shape index (κ2) is 7.55. The summed E-state index contributed by atoms with van der Waals surface area (Å²) in [6.07, 6.45) is 4.88. The van der Waals surface area contributed by atoms with Gasteiger partial charge < -0.3 is 5.11 Å². The molecule has 0 unspecified atom stereocenters. The molecule has 1 fully saturated rings. The van der Waals surface area contributed by atoms with Crippen molar-refractivity contribution < 1.29 is 5.11 Å². The predicted octanol–water partition coefficient (Wildman–Crippen LogP) is 2.87. The lowest BCUT2D eigenvalue weighted by atomic mass is 9.97. The van der Waals surface area contributed by atoms with E-state index in [2.05, 4.69) is 34.3 Å². The van der Waals surface area contributed by atoms with Gasteiger partial charge in [0.2, 0.25) is 0 Å². The van der Waals surface area contributed by atoms with Gasteiger partial charge in [-0.1, -0.05) is 12.1 Å². The number of aliphatic hydroxyl groups is 1. The van der Waals surface area contributed by atoms with E-state index in [0.29, 0.717) is 11.6 Å². The molecular weight excluding hydrogens is 308 g/mol. The molecule has 1 atom stereocenters. The van der Waals surface area contributed by atoms with Gasteiger partial charge in [0.1, 0.15) is 5.69 Å². The molecule has 6 heteroatoms. The molecule has 0 spiro atoms. The third-order valence-electron chi connectivity index (χ3n) is 4.58. The largest absolute Gasteiger partial charge is 0.387 e. The van der Waals surface area contributed by atoms with Crippen LogP contribution in [-0.4, -0.2) is 38.1 Å². The van der Waals surface area contributed by atoms with E-state index in [9.17, 15) is 5.11 Å². The summed E-state index contributed by atoms with van der Waals surface area (Å²) >= 11 is 1.95. The molecule has 3 rings (SSSR count). The third kappa shape index (κ3) is 4.40. The number of aliphatic hydroxyl groups excluding tert-OH is 1. The van der Waals surface area contributed by atoms with Gasteiger partial charge >= 0.3 is 0 Å². The standard InChI is InChI=1S/C17H26N4OS/c1-3-15-4-5-16(23-15)11-20-8-6-14(7-9-20)10-21-12-17(13(2)22)18-19-21/h4-5,12-14,22H,3,6-11H2,1-2H3/t13-/m0/s1. The van der Waals surface area contributed by atoms with E-state index in [0.717, 1.165) is 32.6 Å². The minimum absolute atomic E-state index is 0.538. The number of thiophene rings is 1. The fourth-order valence-electron chi connectivity index (χ4n) is 3.10. The lowest BCUT2D eigenvalue weighted by Crippen LogP contribution is -2.34. The molecule has 2 aromatic heterocycles. The van der Waals surface area contributed by atoms with Gasteiger partial charge in [-0.15, -0.1) is 16.4 Å². The van der Waals surface area contributed by atoms with Crippen molar-refractivity contribution in [2.24, 2.45) is 5.92 Å². The summed E-state index contributed by atoms with van der Waals surface area (Å²) in [5.74, 6) is 0.657. The highest BCUT2D eigenvalue weighted by molar-refractivity contribution is 7.11. The lowest BCUT2D eigenvalue weighted by Gasteiger charge is -2.31. The first-order valence-corrected chi connectivity index (χ1v) is 9.33. The highest BCUT2D eigenvalue weighted by Crippen LogP contribution is 2.24. The summed E-state index contributed by atoms with van der Waals surface area (Å²) in [5.41, 5.74) is 0.659. The van der Waals surface area contributed by atoms with Gasteiger partial charge in [-0.25, -0.2) is 0 Å². The quantitative estimate of drug-likeness (QED) is 0.882. The first-order valence-electron chi connectivity index (χ1n) is 8.52. The highest BCUT2D eigenvalue weighted by atomic mass is 32.1.